The first-order valence-electron chi connectivity index (χ1n) is 7.20. The van der Waals surface area contributed by atoms with Gasteiger partial charge in [0, 0.05) is 16.1 Å². The summed E-state index contributed by atoms with van der Waals surface area (Å²) in [6.07, 6.45) is 1.56. The van der Waals surface area contributed by atoms with Gasteiger partial charge in [-0.1, -0.05) is 15.9 Å². The smallest absolute Gasteiger partial charge is 0.232 e. The molecule has 0 saturated carbocycles. The Morgan fingerprint density at radius 3 is 2.58 bits per heavy atom. The van der Waals surface area contributed by atoms with Crippen LogP contribution in [-0.4, -0.2) is 5.78 Å². The zero-order valence-corrected chi connectivity index (χ0v) is 13.8. The number of rotatable bonds is 2. The lowest BCUT2D eigenvalue weighted by atomic mass is 10.1. The van der Waals surface area contributed by atoms with E-state index in [2.05, 4.69) is 15.9 Å². The third-order valence-electron chi connectivity index (χ3n) is 3.66. The highest BCUT2D eigenvalue weighted by molar-refractivity contribution is 9.10. The highest BCUT2D eigenvalue weighted by Crippen LogP contribution is 2.34. The first-order valence-corrected chi connectivity index (χ1v) is 7.99. The second kappa shape index (κ2) is 5.76. The minimum absolute atomic E-state index is 0.189. The Morgan fingerprint density at radius 1 is 1.00 bits per heavy atom. The van der Waals surface area contributed by atoms with Crippen LogP contribution in [0.15, 0.2) is 69.2 Å². The summed E-state index contributed by atoms with van der Waals surface area (Å²) >= 11 is 3.34. The van der Waals surface area contributed by atoms with Crippen molar-refractivity contribution >= 4 is 27.8 Å². The quantitative estimate of drug-likeness (QED) is 0.550. The molecule has 0 spiro atoms. The molecule has 1 aliphatic heterocycles. The molecule has 0 amide bonds. The number of furan rings is 1. The normalized spacial score (nSPS) is 14.8. The molecule has 1 aromatic heterocycles. The number of carbonyl (C=O) groups is 1. The van der Waals surface area contributed by atoms with E-state index in [9.17, 15) is 9.18 Å². The number of ketones is 1. The molecule has 2 aromatic carbocycles. The zero-order chi connectivity index (χ0) is 16.7. The lowest BCUT2D eigenvalue weighted by molar-refractivity contribution is 0.101. The molecule has 1 aliphatic rings. The van der Waals surface area contributed by atoms with Gasteiger partial charge in [0.2, 0.25) is 5.78 Å². The van der Waals surface area contributed by atoms with Crippen LogP contribution in [0, 0.1) is 5.82 Å². The number of hydrogen-bond acceptors (Lipinski definition) is 3. The van der Waals surface area contributed by atoms with Gasteiger partial charge in [-0.3, -0.25) is 4.79 Å². The number of carbonyl (C=O) groups excluding carboxylic acids is 1. The predicted octanol–water partition coefficient (Wildman–Crippen LogP) is 5.46. The first kappa shape index (κ1) is 14.9. The lowest BCUT2D eigenvalue weighted by Crippen LogP contribution is -1.97. The van der Waals surface area contributed by atoms with Gasteiger partial charge < -0.3 is 9.15 Å². The molecule has 0 aliphatic carbocycles. The third-order valence-corrected chi connectivity index (χ3v) is 4.15. The van der Waals surface area contributed by atoms with Crippen LogP contribution in [0.1, 0.15) is 16.1 Å². The van der Waals surface area contributed by atoms with Crippen molar-refractivity contribution in [2.24, 2.45) is 0 Å². The van der Waals surface area contributed by atoms with Crippen LogP contribution >= 0.6 is 15.9 Å². The van der Waals surface area contributed by atoms with Gasteiger partial charge in [0.05, 0.1) is 5.56 Å². The minimum atomic E-state index is -0.304. The fourth-order valence-corrected chi connectivity index (χ4v) is 2.85. The Kier molecular flexibility index (Phi) is 3.58. The summed E-state index contributed by atoms with van der Waals surface area (Å²) in [7, 11) is 0. The highest BCUT2D eigenvalue weighted by atomic mass is 79.9. The number of fused-ring (bicyclic) bond motifs is 1. The number of benzene rings is 2. The maximum atomic E-state index is 13.0. The molecule has 0 saturated heterocycles. The predicted molar refractivity (Wildman–Crippen MR) is 91.2 cm³/mol. The van der Waals surface area contributed by atoms with Crippen molar-refractivity contribution in [1.29, 1.82) is 0 Å². The van der Waals surface area contributed by atoms with Crippen molar-refractivity contribution < 1.29 is 18.3 Å². The molecule has 4 rings (SSSR count). The molecule has 118 valence electrons. The SMILES string of the molecule is O=C1/C(=C/c2ccc(-c3ccc(F)cc3)o2)Oc2ccc(Br)cc21. The van der Waals surface area contributed by atoms with Crippen molar-refractivity contribution in [3.8, 4) is 17.1 Å². The van der Waals surface area contributed by atoms with Crippen LogP contribution in [0.3, 0.4) is 0 Å². The van der Waals surface area contributed by atoms with E-state index in [1.165, 1.54) is 12.1 Å². The molecule has 0 bridgehead atoms. The van der Waals surface area contributed by atoms with Gasteiger partial charge in [-0.25, -0.2) is 4.39 Å². The summed E-state index contributed by atoms with van der Waals surface area (Å²) < 4.78 is 25.1. The third kappa shape index (κ3) is 2.67. The van der Waals surface area contributed by atoms with Crippen molar-refractivity contribution in [1.82, 2.24) is 0 Å². The van der Waals surface area contributed by atoms with E-state index in [4.69, 9.17) is 9.15 Å². The van der Waals surface area contributed by atoms with Crippen molar-refractivity contribution in [2.45, 2.75) is 0 Å². The molecule has 0 atom stereocenters. The molecule has 3 aromatic rings. The average Bonchev–Trinajstić information content (AvgIpc) is 3.15. The van der Waals surface area contributed by atoms with E-state index in [1.54, 1.807) is 42.5 Å². The Bertz CT molecular complexity index is 971. The molecular weight excluding hydrogens is 375 g/mol. The Morgan fingerprint density at radius 2 is 1.79 bits per heavy atom. The zero-order valence-electron chi connectivity index (χ0n) is 12.3. The van der Waals surface area contributed by atoms with E-state index >= 15 is 0 Å². The van der Waals surface area contributed by atoms with E-state index in [0.29, 0.717) is 22.8 Å². The van der Waals surface area contributed by atoms with Crippen LogP contribution in [0.2, 0.25) is 0 Å². The molecular formula is C19H10BrFO3. The monoisotopic (exact) mass is 384 g/mol. The number of ether oxygens (including phenoxy) is 1. The molecule has 3 nitrogen and oxygen atoms in total. The number of Topliss-reactive ketones (excluding diaryl/α,β-unsaturated/α-hetero) is 1. The summed E-state index contributed by atoms with van der Waals surface area (Å²) in [5, 5.41) is 0. The molecule has 5 heteroatoms. The second-order valence-electron chi connectivity index (χ2n) is 5.29. The Balaban J connectivity index is 1.63. The van der Waals surface area contributed by atoms with E-state index in [-0.39, 0.29) is 17.4 Å². The average molecular weight is 385 g/mol. The fourth-order valence-electron chi connectivity index (χ4n) is 2.49. The van der Waals surface area contributed by atoms with Crippen LogP contribution in [0.4, 0.5) is 4.39 Å². The van der Waals surface area contributed by atoms with Crippen LogP contribution in [0.25, 0.3) is 17.4 Å². The Hall–Kier alpha value is -2.66. The fraction of sp³-hybridized carbons (Fsp3) is 0. The summed E-state index contributed by atoms with van der Waals surface area (Å²) in [6, 6.07) is 14.8. The van der Waals surface area contributed by atoms with Gasteiger partial charge in [-0.2, -0.15) is 0 Å². The first-order chi connectivity index (χ1) is 11.6. The van der Waals surface area contributed by atoms with Gasteiger partial charge in [0.1, 0.15) is 23.1 Å². The van der Waals surface area contributed by atoms with Crippen molar-refractivity contribution in [2.75, 3.05) is 0 Å². The molecule has 0 fully saturated rings. The van der Waals surface area contributed by atoms with E-state index < -0.39 is 0 Å². The van der Waals surface area contributed by atoms with Crippen LogP contribution in [-0.2, 0) is 0 Å². The molecule has 24 heavy (non-hydrogen) atoms. The molecule has 2 heterocycles. The standard InChI is InChI=1S/C19H10BrFO3/c20-12-3-7-17-15(9-12)19(22)18(24-17)10-14-6-8-16(23-14)11-1-4-13(21)5-2-11/h1-10H/b18-10-. The maximum absolute atomic E-state index is 13.0. The summed E-state index contributed by atoms with van der Waals surface area (Å²) in [5.41, 5.74) is 1.27. The molecule has 0 radical (unpaired) electrons. The van der Waals surface area contributed by atoms with Crippen molar-refractivity contribution in [3.05, 3.63) is 82.0 Å². The summed E-state index contributed by atoms with van der Waals surface area (Å²) in [6.45, 7) is 0. The number of allylic oxidation sites excluding steroid dienone is 1. The minimum Gasteiger partial charge on any atom is -0.457 e. The van der Waals surface area contributed by atoms with E-state index in [0.717, 1.165) is 10.0 Å². The molecule has 0 unspecified atom stereocenters. The summed E-state index contributed by atoms with van der Waals surface area (Å²) in [5.74, 6) is 1.33. The number of hydrogen-bond donors (Lipinski definition) is 0. The highest BCUT2D eigenvalue weighted by Gasteiger charge is 2.27. The van der Waals surface area contributed by atoms with Crippen molar-refractivity contribution in [3.63, 3.8) is 0 Å². The lowest BCUT2D eigenvalue weighted by Gasteiger charge is -1.97. The van der Waals surface area contributed by atoms with Gasteiger partial charge in [0.25, 0.3) is 0 Å². The largest absolute Gasteiger partial charge is 0.457 e. The summed E-state index contributed by atoms with van der Waals surface area (Å²) in [4.78, 5) is 12.4. The maximum Gasteiger partial charge on any atom is 0.232 e. The topological polar surface area (TPSA) is 39.4 Å². The van der Waals surface area contributed by atoms with Gasteiger partial charge in [0.15, 0.2) is 5.76 Å². The van der Waals surface area contributed by atoms with Crippen LogP contribution < -0.4 is 4.74 Å². The second-order valence-corrected chi connectivity index (χ2v) is 6.20. The van der Waals surface area contributed by atoms with Gasteiger partial charge in [-0.15, -0.1) is 0 Å². The number of halogens is 2. The molecule has 0 N–H and O–H groups in total. The van der Waals surface area contributed by atoms with E-state index in [1.807, 2.05) is 6.07 Å². The Labute approximate surface area is 145 Å². The van der Waals surface area contributed by atoms with Gasteiger partial charge >= 0.3 is 0 Å². The van der Waals surface area contributed by atoms with Gasteiger partial charge in [-0.05, 0) is 54.6 Å². The van der Waals surface area contributed by atoms with Crippen LogP contribution in [0.5, 0.6) is 5.75 Å².